The standard InChI is InChI=1S/C14H28N6O.HI/c1-4-15-14(17-12-13-6-7-18-19-13)16-8-10-20(2)9-5-11-21-3;/h6-7H,4-5,8-12H2,1-3H3,(H,18,19)(H2,15,16,17);1H. The minimum atomic E-state index is 0. The van der Waals surface area contributed by atoms with Gasteiger partial charge in [0.2, 0.25) is 0 Å². The second-order valence-electron chi connectivity index (χ2n) is 4.85. The van der Waals surface area contributed by atoms with Crippen LogP contribution in [0.1, 0.15) is 19.0 Å². The van der Waals surface area contributed by atoms with Crippen molar-refractivity contribution < 1.29 is 4.74 Å². The molecular formula is C14H29IN6O. The summed E-state index contributed by atoms with van der Waals surface area (Å²) in [6.07, 6.45) is 2.79. The first-order valence-electron chi connectivity index (χ1n) is 7.44. The Morgan fingerprint density at radius 2 is 2.23 bits per heavy atom. The van der Waals surface area contributed by atoms with Gasteiger partial charge in [0.1, 0.15) is 0 Å². The van der Waals surface area contributed by atoms with Crippen molar-refractivity contribution >= 4 is 29.9 Å². The molecule has 128 valence electrons. The number of aromatic amines is 1. The third-order valence-electron chi connectivity index (χ3n) is 2.98. The molecule has 0 saturated carbocycles. The topological polar surface area (TPSA) is 77.6 Å². The Labute approximate surface area is 150 Å². The van der Waals surface area contributed by atoms with E-state index in [1.165, 1.54) is 0 Å². The number of nitrogens with zero attached hydrogens (tertiary/aromatic N) is 3. The molecule has 1 rings (SSSR count). The van der Waals surface area contributed by atoms with Gasteiger partial charge in [-0.1, -0.05) is 0 Å². The molecule has 0 aliphatic rings. The van der Waals surface area contributed by atoms with Crippen LogP contribution < -0.4 is 10.6 Å². The smallest absolute Gasteiger partial charge is 0.191 e. The van der Waals surface area contributed by atoms with E-state index in [9.17, 15) is 0 Å². The fraction of sp³-hybridized carbons (Fsp3) is 0.714. The van der Waals surface area contributed by atoms with Gasteiger partial charge in [0.15, 0.2) is 5.96 Å². The number of guanidine groups is 1. The Morgan fingerprint density at radius 3 is 2.86 bits per heavy atom. The Balaban J connectivity index is 0.00000441. The molecule has 0 fully saturated rings. The van der Waals surface area contributed by atoms with Crippen molar-refractivity contribution in [3.8, 4) is 0 Å². The number of hydrogen-bond donors (Lipinski definition) is 3. The van der Waals surface area contributed by atoms with Crippen LogP contribution in [0.25, 0.3) is 0 Å². The van der Waals surface area contributed by atoms with Gasteiger partial charge in [0.05, 0.1) is 12.2 Å². The number of aromatic nitrogens is 2. The van der Waals surface area contributed by atoms with Crippen molar-refractivity contribution in [1.29, 1.82) is 0 Å². The molecule has 0 atom stereocenters. The number of aliphatic imine (C=N–C) groups is 1. The highest BCUT2D eigenvalue weighted by molar-refractivity contribution is 14.0. The Hall–Kier alpha value is -0.870. The van der Waals surface area contributed by atoms with Gasteiger partial charge in [-0.05, 0) is 26.5 Å². The summed E-state index contributed by atoms with van der Waals surface area (Å²) < 4.78 is 5.05. The fourth-order valence-electron chi connectivity index (χ4n) is 1.83. The zero-order valence-electron chi connectivity index (χ0n) is 13.8. The first-order valence-corrected chi connectivity index (χ1v) is 7.44. The molecule has 0 aliphatic carbocycles. The van der Waals surface area contributed by atoms with Gasteiger partial charge in [-0.15, -0.1) is 24.0 Å². The van der Waals surface area contributed by atoms with E-state index in [2.05, 4.69) is 44.7 Å². The van der Waals surface area contributed by atoms with E-state index in [4.69, 9.17) is 4.74 Å². The minimum absolute atomic E-state index is 0. The molecule has 0 spiro atoms. The SMILES string of the molecule is CCNC(=NCc1ccn[nH]1)NCCN(C)CCCOC.I. The molecule has 0 radical (unpaired) electrons. The van der Waals surface area contributed by atoms with Crippen LogP contribution in [-0.2, 0) is 11.3 Å². The third-order valence-corrected chi connectivity index (χ3v) is 2.98. The summed E-state index contributed by atoms with van der Waals surface area (Å²) >= 11 is 0. The van der Waals surface area contributed by atoms with Crippen LogP contribution in [0.5, 0.6) is 0 Å². The molecular weight excluding hydrogens is 395 g/mol. The Morgan fingerprint density at radius 1 is 1.41 bits per heavy atom. The summed E-state index contributed by atoms with van der Waals surface area (Å²) in [5, 5.41) is 13.4. The second-order valence-corrected chi connectivity index (χ2v) is 4.85. The number of methoxy groups -OCH3 is 1. The summed E-state index contributed by atoms with van der Waals surface area (Å²) in [5.41, 5.74) is 1.00. The maximum atomic E-state index is 5.05. The monoisotopic (exact) mass is 424 g/mol. The van der Waals surface area contributed by atoms with E-state index in [1.54, 1.807) is 13.3 Å². The number of hydrogen-bond acceptors (Lipinski definition) is 4. The van der Waals surface area contributed by atoms with Gasteiger partial charge < -0.3 is 20.3 Å². The van der Waals surface area contributed by atoms with Crippen molar-refractivity contribution in [2.24, 2.45) is 4.99 Å². The molecule has 0 aromatic carbocycles. The molecule has 0 bridgehead atoms. The van der Waals surface area contributed by atoms with E-state index in [0.29, 0.717) is 6.54 Å². The summed E-state index contributed by atoms with van der Waals surface area (Å²) in [6, 6.07) is 1.93. The summed E-state index contributed by atoms with van der Waals surface area (Å²) in [7, 11) is 3.85. The number of nitrogens with one attached hydrogen (secondary N) is 3. The summed E-state index contributed by atoms with van der Waals surface area (Å²) in [4.78, 5) is 6.80. The van der Waals surface area contributed by atoms with Crippen LogP contribution in [-0.4, -0.2) is 68.0 Å². The van der Waals surface area contributed by atoms with E-state index >= 15 is 0 Å². The average molecular weight is 424 g/mol. The van der Waals surface area contributed by atoms with Crippen molar-refractivity contribution in [2.75, 3.05) is 46.9 Å². The molecule has 0 unspecified atom stereocenters. The van der Waals surface area contributed by atoms with Crippen LogP contribution in [0, 0.1) is 0 Å². The zero-order chi connectivity index (χ0) is 15.3. The van der Waals surface area contributed by atoms with Gasteiger partial charge >= 0.3 is 0 Å². The van der Waals surface area contributed by atoms with Crippen molar-refractivity contribution in [3.05, 3.63) is 18.0 Å². The van der Waals surface area contributed by atoms with Crippen molar-refractivity contribution in [3.63, 3.8) is 0 Å². The van der Waals surface area contributed by atoms with Crippen LogP contribution in [0.2, 0.25) is 0 Å². The van der Waals surface area contributed by atoms with E-state index in [1.807, 2.05) is 6.07 Å². The quantitative estimate of drug-likeness (QED) is 0.227. The predicted molar refractivity (Wildman–Crippen MR) is 101 cm³/mol. The maximum absolute atomic E-state index is 5.05. The van der Waals surface area contributed by atoms with E-state index < -0.39 is 0 Å². The first-order chi connectivity index (χ1) is 10.3. The molecule has 8 heteroatoms. The molecule has 0 aliphatic heterocycles. The molecule has 3 N–H and O–H groups in total. The normalized spacial score (nSPS) is 11.4. The zero-order valence-corrected chi connectivity index (χ0v) is 16.1. The molecule has 22 heavy (non-hydrogen) atoms. The number of halogens is 1. The number of ether oxygens (including phenoxy) is 1. The van der Waals surface area contributed by atoms with Crippen LogP contribution in [0.3, 0.4) is 0 Å². The molecule has 0 saturated heterocycles. The molecule has 1 aromatic heterocycles. The minimum Gasteiger partial charge on any atom is -0.385 e. The van der Waals surface area contributed by atoms with Gasteiger partial charge in [-0.2, -0.15) is 5.10 Å². The lowest BCUT2D eigenvalue weighted by molar-refractivity contribution is 0.180. The van der Waals surface area contributed by atoms with E-state index in [-0.39, 0.29) is 24.0 Å². The first kappa shape index (κ1) is 21.1. The second kappa shape index (κ2) is 13.8. The molecule has 1 aromatic rings. The van der Waals surface area contributed by atoms with Gasteiger partial charge in [0.25, 0.3) is 0 Å². The van der Waals surface area contributed by atoms with Gasteiger partial charge in [-0.3, -0.25) is 5.10 Å². The summed E-state index contributed by atoms with van der Waals surface area (Å²) in [6.45, 7) is 7.18. The number of likely N-dealkylation sites (N-methyl/N-ethyl adjacent to an activating group) is 1. The highest BCUT2D eigenvalue weighted by Gasteiger charge is 2.01. The lowest BCUT2D eigenvalue weighted by atomic mass is 10.4. The van der Waals surface area contributed by atoms with Crippen LogP contribution in [0.4, 0.5) is 0 Å². The van der Waals surface area contributed by atoms with E-state index in [0.717, 1.165) is 50.9 Å². The average Bonchev–Trinajstić information content (AvgIpc) is 2.98. The Bertz CT molecular complexity index is 385. The molecule has 7 nitrogen and oxygen atoms in total. The largest absolute Gasteiger partial charge is 0.385 e. The fourth-order valence-corrected chi connectivity index (χ4v) is 1.83. The maximum Gasteiger partial charge on any atom is 0.191 e. The van der Waals surface area contributed by atoms with Crippen molar-refractivity contribution in [1.82, 2.24) is 25.7 Å². The lowest BCUT2D eigenvalue weighted by Gasteiger charge is -2.18. The van der Waals surface area contributed by atoms with Crippen molar-refractivity contribution in [2.45, 2.75) is 19.9 Å². The van der Waals surface area contributed by atoms with Gasteiger partial charge in [0, 0.05) is 46.1 Å². The lowest BCUT2D eigenvalue weighted by Crippen LogP contribution is -2.41. The van der Waals surface area contributed by atoms with Gasteiger partial charge in [-0.25, -0.2) is 4.99 Å². The molecule has 1 heterocycles. The molecule has 0 amide bonds. The van der Waals surface area contributed by atoms with Crippen LogP contribution >= 0.6 is 24.0 Å². The van der Waals surface area contributed by atoms with Crippen LogP contribution in [0.15, 0.2) is 17.3 Å². The predicted octanol–water partition coefficient (Wildman–Crippen LogP) is 1.05. The highest BCUT2D eigenvalue weighted by Crippen LogP contribution is 1.93. The third kappa shape index (κ3) is 9.96. The highest BCUT2D eigenvalue weighted by atomic mass is 127. The Kier molecular flexibility index (Phi) is 13.2. The summed E-state index contributed by atoms with van der Waals surface area (Å²) in [5.74, 6) is 0.831. The number of H-pyrrole nitrogens is 1. The number of rotatable bonds is 10.